The summed E-state index contributed by atoms with van der Waals surface area (Å²) in [5, 5.41) is 8.76. The Bertz CT molecular complexity index is 567. The zero-order valence-corrected chi connectivity index (χ0v) is 19.8. The molecular weight excluding hydrogens is 388 g/mol. The maximum Gasteiger partial charge on any atom is 0.156 e. The molecule has 28 heavy (non-hydrogen) atoms. The summed E-state index contributed by atoms with van der Waals surface area (Å²) < 4.78 is 0. The van der Waals surface area contributed by atoms with Crippen LogP contribution in [0.15, 0.2) is 34.3 Å². The third-order valence-corrected chi connectivity index (χ3v) is 5.18. The van der Waals surface area contributed by atoms with Gasteiger partial charge in [-0.1, -0.05) is 47.8 Å². The van der Waals surface area contributed by atoms with Gasteiger partial charge < -0.3 is 20.4 Å². The van der Waals surface area contributed by atoms with E-state index in [2.05, 4.69) is 85.4 Å². The molecule has 8 heteroatoms. The summed E-state index contributed by atoms with van der Waals surface area (Å²) in [7, 11) is 8.30. The van der Waals surface area contributed by atoms with Gasteiger partial charge in [0.1, 0.15) is 0 Å². The third-order valence-electron chi connectivity index (χ3n) is 3.86. The molecule has 1 aromatic carbocycles. The molecule has 6 nitrogen and oxygen atoms in total. The standard InChI is InChI=1S/C20H36N6S2/c1-25(2)12-10-21-19(27-5)23-15-17-8-7-9-18(14-17)16-24-20(28-6)22-11-13-26(3)4/h7-9,14H,10-13,15-16H2,1-6H3,(H,21,23)(H,22,24). The maximum absolute atomic E-state index is 4.71. The van der Waals surface area contributed by atoms with Gasteiger partial charge in [-0.3, -0.25) is 9.98 Å². The Hall–Kier alpha value is -1.22. The zero-order chi connectivity index (χ0) is 20.8. The molecule has 0 fully saturated rings. The Morgan fingerprint density at radius 1 is 0.821 bits per heavy atom. The number of thioether (sulfide) groups is 2. The van der Waals surface area contributed by atoms with Crippen molar-refractivity contribution in [2.45, 2.75) is 13.1 Å². The first kappa shape index (κ1) is 24.8. The first-order valence-electron chi connectivity index (χ1n) is 9.46. The van der Waals surface area contributed by atoms with Crippen LogP contribution in [0.5, 0.6) is 0 Å². The topological polar surface area (TPSA) is 55.3 Å². The van der Waals surface area contributed by atoms with Crippen molar-refractivity contribution in [1.29, 1.82) is 0 Å². The average Bonchev–Trinajstić information content (AvgIpc) is 2.67. The lowest BCUT2D eigenvalue weighted by Crippen LogP contribution is -2.29. The Balaban J connectivity index is 2.59. The summed E-state index contributed by atoms with van der Waals surface area (Å²) >= 11 is 3.31. The van der Waals surface area contributed by atoms with Crippen LogP contribution in [-0.2, 0) is 13.1 Å². The largest absolute Gasteiger partial charge is 0.364 e. The molecule has 0 bridgehead atoms. The third kappa shape index (κ3) is 11.6. The summed E-state index contributed by atoms with van der Waals surface area (Å²) in [5.74, 6) is 0. The fourth-order valence-electron chi connectivity index (χ4n) is 2.31. The van der Waals surface area contributed by atoms with E-state index in [1.807, 2.05) is 0 Å². The second kappa shape index (κ2) is 14.7. The van der Waals surface area contributed by atoms with E-state index in [1.165, 1.54) is 11.1 Å². The number of hydrogen-bond acceptors (Lipinski definition) is 6. The highest BCUT2D eigenvalue weighted by Gasteiger charge is 2.01. The van der Waals surface area contributed by atoms with Crippen LogP contribution in [-0.4, -0.2) is 87.0 Å². The van der Waals surface area contributed by atoms with Crippen molar-refractivity contribution in [3.8, 4) is 0 Å². The van der Waals surface area contributed by atoms with Crippen molar-refractivity contribution >= 4 is 33.9 Å². The van der Waals surface area contributed by atoms with Crippen molar-refractivity contribution in [3.63, 3.8) is 0 Å². The molecule has 0 spiro atoms. The van der Waals surface area contributed by atoms with Gasteiger partial charge in [0.15, 0.2) is 10.3 Å². The van der Waals surface area contributed by atoms with Gasteiger partial charge >= 0.3 is 0 Å². The first-order valence-corrected chi connectivity index (χ1v) is 11.9. The lowest BCUT2D eigenvalue weighted by molar-refractivity contribution is 0.413. The van der Waals surface area contributed by atoms with Gasteiger partial charge in [0.05, 0.1) is 13.1 Å². The number of amidine groups is 2. The molecule has 0 aliphatic rings. The van der Waals surface area contributed by atoms with Gasteiger partial charge in [-0.25, -0.2) is 0 Å². The van der Waals surface area contributed by atoms with Crippen molar-refractivity contribution < 1.29 is 0 Å². The van der Waals surface area contributed by atoms with E-state index in [0.717, 1.165) is 36.5 Å². The highest BCUT2D eigenvalue weighted by Crippen LogP contribution is 2.10. The van der Waals surface area contributed by atoms with Crippen LogP contribution in [0.3, 0.4) is 0 Å². The molecule has 0 saturated carbocycles. The molecule has 0 aliphatic heterocycles. The summed E-state index contributed by atoms with van der Waals surface area (Å²) in [5.41, 5.74) is 2.42. The highest BCUT2D eigenvalue weighted by atomic mass is 32.2. The molecule has 1 aromatic rings. The van der Waals surface area contributed by atoms with Crippen molar-refractivity contribution in [3.05, 3.63) is 35.4 Å². The van der Waals surface area contributed by atoms with Crippen LogP contribution in [0, 0.1) is 0 Å². The zero-order valence-electron chi connectivity index (χ0n) is 18.2. The Morgan fingerprint density at radius 3 is 1.61 bits per heavy atom. The number of likely N-dealkylation sites (N-methyl/N-ethyl adjacent to an activating group) is 2. The minimum Gasteiger partial charge on any atom is -0.364 e. The van der Waals surface area contributed by atoms with Crippen LogP contribution in [0.25, 0.3) is 0 Å². The normalized spacial score (nSPS) is 12.7. The fraction of sp³-hybridized carbons (Fsp3) is 0.600. The monoisotopic (exact) mass is 424 g/mol. The van der Waals surface area contributed by atoms with Crippen LogP contribution >= 0.6 is 23.5 Å². The molecule has 158 valence electrons. The second-order valence-corrected chi connectivity index (χ2v) is 8.52. The molecule has 0 aromatic heterocycles. The summed E-state index contributed by atoms with van der Waals surface area (Å²) in [6.07, 6.45) is 4.11. The van der Waals surface area contributed by atoms with Crippen LogP contribution < -0.4 is 10.6 Å². The predicted octanol–water partition coefficient (Wildman–Crippen LogP) is 2.43. The molecule has 2 N–H and O–H groups in total. The van der Waals surface area contributed by atoms with E-state index in [0.29, 0.717) is 13.1 Å². The van der Waals surface area contributed by atoms with Gasteiger partial charge in [0, 0.05) is 26.2 Å². The van der Waals surface area contributed by atoms with E-state index in [4.69, 9.17) is 9.98 Å². The smallest absolute Gasteiger partial charge is 0.156 e. The predicted molar refractivity (Wildman–Crippen MR) is 129 cm³/mol. The molecule has 0 radical (unpaired) electrons. The van der Waals surface area contributed by atoms with Gasteiger partial charge in [-0.2, -0.15) is 0 Å². The van der Waals surface area contributed by atoms with Crippen LogP contribution in [0.4, 0.5) is 0 Å². The first-order chi connectivity index (χ1) is 13.4. The summed E-state index contributed by atoms with van der Waals surface area (Å²) in [6, 6.07) is 8.54. The van der Waals surface area contributed by atoms with E-state index in [-0.39, 0.29) is 0 Å². The molecule has 0 aliphatic carbocycles. The molecule has 0 saturated heterocycles. The van der Waals surface area contributed by atoms with Gasteiger partial charge in [0.25, 0.3) is 0 Å². The lowest BCUT2D eigenvalue weighted by Gasteiger charge is -2.12. The Morgan fingerprint density at radius 2 is 1.25 bits per heavy atom. The van der Waals surface area contributed by atoms with E-state index >= 15 is 0 Å². The van der Waals surface area contributed by atoms with Crippen molar-refractivity contribution in [2.24, 2.45) is 9.98 Å². The highest BCUT2D eigenvalue weighted by molar-refractivity contribution is 8.13. The molecule has 0 amide bonds. The molecule has 0 heterocycles. The summed E-state index contributed by atoms with van der Waals surface area (Å²) in [4.78, 5) is 13.7. The fourth-order valence-corrected chi connectivity index (χ4v) is 3.19. The molecule has 0 unspecified atom stereocenters. The second-order valence-electron chi connectivity index (χ2n) is 6.93. The number of aliphatic imine (C=N–C) groups is 2. The van der Waals surface area contributed by atoms with Crippen molar-refractivity contribution in [1.82, 2.24) is 20.4 Å². The van der Waals surface area contributed by atoms with Crippen molar-refractivity contribution in [2.75, 3.05) is 66.9 Å². The number of rotatable bonds is 10. The quantitative estimate of drug-likeness (QED) is 0.444. The minimum absolute atomic E-state index is 0.680. The Labute approximate surface area is 179 Å². The number of nitrogens with zero attached hydrogens (tertiary/aromatic N) is 4. The average molecular weight is 425 g/mol. The molecular formula is C20H36N6S2. The maximum atomic E-state index is 4.71. The van der Waals surface area contributed by atoms with Crippen LogP contribution in [0.1, 0.15) is 11.1 Å². The van der Waals surface area contributed by atoms with Gasteiger partial charge in [0.2, 0.25) is 0 Å². The van der Waals surface area contributed by atoms with Gasteiger partial charge in [-0.05, 0) is 51.8 Å². The molecule has 1 rings (SSSR count). The minimum atomic E-state index is 0.680. The van der Waals surface area contributed by atoms with Gasteiger partial charge in [-0.15, -0.1) is 0 Å². The number of hydrogen-bond donors (Lipinski definition) is 2. The Kier molecular flexibility index (Phi) is 13.1. The van der Waals surface area contributed by atoms with E-state index in [1.54, 1.807) is 23.5 Å². The van der Waals surface area contributed by atoms with E-state index in [9.17, 15) is 0 Å². The lowest BCUT2D eigenvalue weighted by atomic mass is 10.1. The van der Waals surface area contributed by atoms with Crippen LogP contribution in [0.2, 0.25) is 0 Å². The van der Waals surface area contributed by atoms with E-state index < -0.39 is 0 Å². The molecule has 0 atom stereocenters. The number of nitrogens with one attached hydrogen (secondary N) is 2. The number of benzene rings is 1. The SMILES string of the molecule is CSC(=NCc1cccc(CN=C(NCCN(C)C)SC)c1)NCCN(C)C. The summed E-state index contributed by atoms with van der Waals surface area (Å²) in [6.45, 7) is 5.15.